The number of rotatable bonds is 5. The average molecular weight is 356 g/mol. The van der Waals surface area contributed by atoms with Crippen LogP contribution in [-0.2, 0) is 13.0 Å². The van der Waals surface area contributed by atoms with Crippen molar-refractivity contribution in [2.75, 3.05) is 5.32 Å². The van der Waals surface area contributed by atoms with E-state index in [0.29, 0.717) is 16.7 Å². The number of anilines is 1. The second-order valence-corrected chi connectivity index (χ2v) is 7.49. The first-order valence-electron chi connectivity index (χ1n) is 8.72. The summed E-state index contributed by atoms with van der Waals surface area (Å²) in [7, 11) is 0. The summed E-state index contributed by atoms with van der Waals surface area (Å²) in [5.74, 6) is 0.180. The highest BCUT2D eigenvalue weighted by atomic mass is 32.1. The van der Waals surface area contributed by atoms with Crippen molar-refractivity contribution in [1.29, 1.82) is 0 Å². The molecule has 0 bridgehead atoms. The zero-order valence-corrected chi connectivity index (χ0v) is 16.2. The third-order valence-corrected chi connectivity index (χ3v) is 5.61. The molecule has 0 aliphatic heterocycles. The van der Waals surface area contributed by atoms with Crippen LogP contribution in [0, 0.1) is 6.92 Å². The van der Waals surface area contributed by atoms with Crippen LogP contribution in [-0.4, -0.2) is 20.7 Å². The van der Waals surface area contributed by atoms with Crippen LogP contribution in [0.2, 0.25) is 0 Å². The molecule has 0 radical (unpaired) electrons. The third-order valence-electron chi connectivity index (χ3n) is 4.48. The summed E-state index contributed by atoms with van der Waals surface area (Å²) < 4.78 is 2.07. The molecule has 0 spiro atoms. The van der Waals surface area contributed by atoms with Gasteiger partial charge in [-0.1, -0.05) is 38.2 Å². The van der Waals surface area contributed by atoms with Gasteiger partial charge in [-0.2, -0.15) is 0 Å². The van der Waals surface area contributed by atoms with E-state index in [1.54, 1.807) is 0 Å². The third kappa shape index (κ3) is 3.18. The number of amides is 1. The molecule has 0 fully saturated rings. The molecular formula is C19H24N4OS. The van der Waals surface area contributed by atoms with Gasteiger partial charge in [0.15, 0.2) is 0 Å². The average Bonchev–Trinajstić information content (AvgIpc) is 3.17. The van der Waals surface area contributed by atoms with Crippen molar-refractivity contribution >= 4 is 33.3 Å². The molecule has 0 unspecified atom stereocenters. The van der Waals surface area contributed by atoms with E-state index < -0.39 is 0 Å². The minimum atomic E-state index is -0.125. The molecule has 25 heavy (non-hydrogen) atoms. The molecule has 1 aromatic carbocycles. The zero-order valence-electron chi connectivity index (χ0n) is 15.4. The lowest BCUT2D eigenvalue weighted by Crippen LogP contribution is -2.17. The molecule has 1 amide bonds. The molecule has 0 atom stereocenters. The van der Waals surface area contributed by atoms with Gasteiger partial charge in [0.1, 0.15) is 10.7 Å². The number of aromatic nitrogens is 3. The van der Waals surface area contributed by atoms with E-state index in [0.717, 1.165) is 34.4 Å². The summed E-state index contributed by atoms with van der Waals surface area (Å²) in [5.41, 5.74) is 4.09. The van der Waals surface area contributed by atoms with Gasteiger partial charge >= 0.3 is 0 Å². The SMILES string of the molecule is CCc1ccc2c(c1)c(C)c(C(=O)Nc1nnc(C(C)C)s1)n2CC. The Bertz CT molecular complexity index is 923. The van der Waals surface area contributed by atoms with Gasteiger partial charge in [-0.3, -0.25) is 10.1 Å². The van der Waals surface area contributed by atoms with Gasteiger partial charge in [0.05, 0.1) is 0 Å². The lowest BCUT2D eigenvalue weighted by Gasteiger charge is -2.08. The van der Waals surface area contributed by atoms with Crippen LogP contribution < -0.4 is 5.32 Å². The second kappa shape index (κ2) is 6.96. The van der Waals surface area contributed by atoms with Gasteiger partial charge < -0.3 is 4.57 Å². The normalized spacial score (nSPS) is 11.4. The van der Waals surface area contributed by atoms with E-state index in [1.807, 2.05) is 6.92 Å². The van der Waals surface area contributed by atoms with Crippen molar-refractivity contribution in [2.45, 2.75) is 53.5 Å². The van der Waals surface area contributed by atoms with Gasteiger partial charge in [-0.15, -0.1) is 10.2 Å². The zero-order chi connectivity index (χ0) is 18.1. The Hall–Kier alpha value is -2.21. The Morgan fingerprint density at radius 2 is 2.04 bits per heavy atom. The van der Waals surface area contributed by atoms with Crippen molar-refractivity contribution in [1.82, 2.24) is 14.8 Å². The number of carbonyl (C=O) groups excluding carboxylic acids is 1. The van der Waals surface area contributed by atoms with Crippen LogP contribution in [0.4, 0.5) is 5.13 Å². The maximum absolute atomic E-state index is 12.9. The summed E-state index contributed by atoms with van der Waals surface area (Å²) in [6.45, 7) is 11.1. The number of nitrogens with zero attached hydrogens (tertiary/aromatic N) is 3. The van der Waals surface area contributed by atoms with E-state index in [2.05, 4.69) is 66.0 Å². The van der Waals surface area contributed by atoms with Gasteiger partial charge in [-0.25, -0.2) is 0 Å². The van der Waals surface area contributed by atoms with Crippen LogP contribution in [0.15, 0.2) is 18.2 Å². The lowest BCUT2D eigenvalue weighted by atomic mass is 10.1. The molecule has 0 saturated heterocycles. The van der Waals surface area contributed by atoms with E-state index in [1.165, 1.54) is 16.9 Å². The molecule has 2 aromatic heterocycles. The molecular weight excluding hydrogens is 332 g/mol. The number of hydrogen-bond donors (Lipinski definition) is 1. The molecule has 3 rings (SSSR count). The first-order valence-corrected chi connectivity index (χ1v) is 9.54. The van der Waals surface area contributed by atoms with Crippen LogP contribution in [0.3, 0.4) is 0 Å². The first-order chi connectivity index (χ1) is 12.0. The van der Waals surface area contributed by atoms with Gasteiger partial charge in [0, 0.05) is 23.4 Å². The van der Waals surface area contributed by atoms with Crippen LogP contribution in [0.5, 0.6) is 0 Å². The van der Waals surface area contributed by atoms with Crippen LogP contribution in [0.25, 0.3) is 10.9 Å². The van der Waals surface area contributed by atoms with Crippen molar-refractivity contribution in [3.05, 3.63) is 40.0 Å². The highest BCUT2D eigenvalue weighted by Crippen LogP contribution is 2.29. The largest absolute Gasteiger partial charge is 0.337 e. The van der Waals surface area contributed by atoms with Crippen molar-refractivity contribution in [3.63, 3.8) is 0 Å². The van der Waals surface area contributed by atoms with Crippen LogP contribution >= 0.6 is 11.3 Å². The maximum Gasteiger partial charge on any atom is 0.274 e. The highest BCUT2D eigenvalue weighted by Gasteiger charge is 2.21. The van der Waals surface area contributed by atoms with E-state index >= 15 is 0 Å². The number of aryl methyl sites for hydroxylation is 3. The number of nitrogens with one attached hydrogen (secondary N) is 1. The van der Waals surface area contributed by atoms with Crippen molar-refractivity contribution in [2.24, 2.45) is 0 Å². The van der Waals surface area contributed by atoms with Crippen molar-refractivity contribution in [3.8, 4) is 0 Å². The maximum atomic E-state index is 12.9. The van der Waals surface area contributed by atoms with E-state index in [9.17, 15) is 4.79 Å². The minimum absolute atomic E-state index is 0.125. The van der Waals surface area contributed by atoms with Gasteiger partial charge in [0.25, 0.3) is 5.91 Å². The molecule has 6 heteroatoms. The topological polar surface area (TPSA) is 59.8 Å². The minimum Gasteiger partial charge on any atom is -0.337 e. The summed E-state index contributed by atoms with van der Waals surface area (Å²) in [6.07, 6.45) is 0.983. The number of hydrogen-bond acceptors (Lipinski definition) is 4. The smallest absolute Gasteiger partial charge is 0.274 e. The highest BCUT2D eigenvalue weighted by molar-refractivity contribution is 7.15. The molecule has 1 N–H and O–H groups in total. The van der Waals surface area contributed by atoms with Crippen LogP contribution in [0.1, 0.15) is 60.2 Å². The first kappa shape index (κ1) is 17.6. The molecule has 2 heterocycles. The Kier molecular flexibility index (Phi) is 4.90. The second-order valence-electron chi connectivity index (χ2n) is 6.48. The Balaban J connectivity index is 2.01. The molecule has 0 aliphatic rings. The predicted octanol–water partition coefficient (Wildman–Crippen LogP) is 4.76. The fraction of sp³-hybridized carbons (Fsp3) is 0.421. The summed E-state index contributed by atoms with van der Waals surface area (Å²) in [4.78, 5) is 12.9. The van der Waals surface area contributed by atoms with Gasteiger partial charge in [-0.05, 0) is 43.5 Å². The fourth-order valence-corrected chi connectivity index (χ4v) is 3.83. The molecule has 5 nitrogen and oxygen atoms in total. The predicted molar refractivity (Wildman–Crippen MR) is 104 cm³/mol. The Labute approximate surface area is 152 Å². The van der Waals surface area contributed by atoms with E-state index in [4.69, 9.17) is 0 Å². The Morgan fingerprint density at radius 1 is 1.28 bits per heavy atom. The lowest BCUT2D eigenvalue weighted by molar-refractivity contribution is 0.101. The summed E-state index contributed by atoms with van der Waals surface area (Å²) in [5, 5.41) is 13.8. The standard InChI is InChI=1S/C19H24N4OS/c1-6-13-8-9-15-14(10-13)12(5)16(23(15)7-2)17(24)20-19-22-21-18(25-19)11(3)4/h8-11H,6-7H2,1-5H3,(H,20,22,24). The van der Waals surface area contributed by atoms with E-state index in [-0.39, 0.29) is 5.91 Å². The van der Waals surface area contributed by atoms with Crippen molar-refractivity contribution < 1.29 is 4.79 Å². The number of fused-ring (bicyclic) bond motifs is 1. The van der Waals surface area contributed by atoms with Gasteiger partial charge in [0.2, 0.25) is 5.13 Å². The number of carbonyl (C=O) groups is 1. The summed E-state index contributed by atoms with van der Waals surface area (Å²) in [6, 6.07) is 6.44. The molecule has 3 aromatic rings. The Morgan fingerprint density at radius 3 is 2.64 bits per heavy atom. The fourth-order valence-electron chi connectivity index (χ4n) is 3.09. The molecule has 0 saturated carbocycles. The molecule has 0 aliphatic carbocycles. The monoisotopic (exact) mass is 356 g/mol. The summed E-state index contributed by atoms with van der Waals surface area (Å²) >= 11 is 1.43. The number of benzene rings is 1. The quantitative estimate of drug-likeness (QED) is 0.717. The molecule has 132 valence electrons.